The lowest BCUT2D eigenvalue weighted by Crippen LogP contribution is -2.12. The van der Waals surface area contributed by atoms with Crippen LogP contribution in [0.5, 0.6) is 5.75 Å². The van der Waals surface area contributed by atoms with Gasteiger partial charge in [-0.2, -0.15) is 0 Å². The summed E-state index contributed by atoms with van der Waals surface area (Å²) in [5.41, 5.74) is 5.48. The van der Waals surface area contributed by atoms with E-state index in [2.05, 4.69) is 34.4 Å². The van der Waals surface area contributed by atoms with E-state index in [-0.39, 0.29) is 0 Å². The molecule has 0 aliphatic heterocycles. The first-order valence-corrected chi connectivity index (χ1v) is 8.54. The van der Waals surface area contributed by atoms with Crippen molar-refractivity contribution >= 4 is 16.6 Å². The van der Waals surface area contributed by atoms with Gasteiger partial charge in [-0.05, 0) is 49.1 Å². The van der Waals surface area contributed by atoms with Crippen molar-refractivity contribution in [2.45, 2.75) is 25.9 Å². The number of ether oxygens (including phenoxy) is 1. The number of hydrogen-bond donors (Lipinski definition) is 0. The predicted molar refractivity (Wildman–Crippen MR) is 99.0 cm³/mol. The highest BCUT2D eigenvalue weighted by atomic mass is 16.6. The summed E-state index contributed by atoms with van der Waals surface area (Å²) < 4.78 is 5.32. The van der Waals surface area contributed by atoms with E-state index in [1.165, 1.54) is 11.1 Å². The van der Waals surface area contributed by atoms with Crippen LogP contribution >= 0.6 is 0 Å². The summed E-state index contributed by atoms with van der Waals surface area (Å²) in [7, 11) is 1.70. The van der Waals surface area contributed by atoms with E-state index in [0.717, 1.165) is 47.2 Å². The van der Waals surface area contributed by atoms with Gasteiger partial charge in [0.25, 0.3) is 0 Å². The normalized spacial score (nSPS) is 15.2. The molecule has 1 aliphatic rings. The van der Waals surface area contributed by atoms with Crippen LogP contribution in [0.4, 0.5) is 0 Å². The Morgan fingerprint density at radius 3 is 2.92 bits per heavy atom. The Balaban J connectivity index is 1.55. The van der Waals surface area contributed by atoms with E-state index in [4.69, 9.17) is 9.57 Å². The Bertz CT molecular complexity index is 929. The van der Waals surface area contributed by atoms with Crippen LogP contribution in [0, 0.1) is 0 Å². The topological polar surface area (TPSA) is 43.7 Å². The highest BCUT2D eigenvalue weighted by molar-refractivity contribution is 6.02. The maximum atomic E-state index is 5.70. The van der Waals surface area contributed by atoms with Gasteiger partial charge in [-0.15, -0.1) is 0 Å². The van der Waals surface area contributed by atoms with Crippen LogP contribution in [0.15, 0.2) is 59.9 Å². The summed E-state index contributed by atoms with van der Waals surface area (Å²) >= 11 is 0. The van der Waals surface area contributed by atoms with E-state index in [1.807, 2.05) is 30.5 Å². The fourth-order valence-electron chi connectivity index (χ4n) is 3.32. The van der Waals surface area contributed by atoms with Crippen molar-refractivity contribution in [3.05, 3.63) is 71.4 Å². The third kappa shape index (κ3) is 3.20. The fraction of sp³-hybridized carbons (Fsp3) is 0.238. The molecule has 1 aromatic heterocycles. The number of oxime groups is 1. The summed E-state index contributed by atoms with van der Waals surface area (Å²) in [6.07, 6.45) is 4.88. The van der Waals surface area contributed by atoms with Crippen LogP contribution < -0.4 is 4.74 Å². The molecule has 4 nitrogen and oxygen atoms in total. The molecule has 0 atom stereocenters. The highest BCUT2D eigenvalue weighted by Crippen LogP contribution is 2.26. The molecule has 0 bridgehead atoms. The summed E-state index contributed by atoms with van der Waals surface area (Å²) in [6, 6.07) is 16.3. The monoisotopic (exact) mass is 332 g/mol. The Hall–Kier alpha value is -2.88. The van der Waals surface area contributed by atoms with Crippen molar-refractivity contribution in [2.75, 3.05) is 7.11 Å². The van der Waals surface area contributed by atoms with Gasteiger partial charge in [-0.1, -0.05) is 29.4 Å². The molecule has 0 amide bonds. The summed E-state index contributed by atoms with van der Waals surface area (Å²) in [5.74, 6) is 0.891. The van der Waals surface area contributed by atoms with Gasteiger partial charge in [0.1, 0.15) is 12.4 Å². The molecule has 4 heteroatoms. The van der Waals surface area contributed by atoms with Gasteiger partial charge in [-0.25, -0.2) is 0 Å². The predicted octanol–water partition coefficient (Wildman–Crippen LogP) is 4.50. The quantitative estimate of drug-likeness (QED) is 0.661. The second-order valence-corrected chi connectivity index (χ2v) is 6.18. The summed E-state index contributed by atoms with van der Waals surface area (Å²) in [6.45, 7) is 0.420. The lowest BCUT2D eigenvalue weighted by Gasteiger charge is -2.18. The zero-order valence-electron chi connectivity index (χ0n) is 14.2. The number of pyridine rings is 1. The van der Waals surface area contributed by atoms with E-state index < -0.39 is 0 Å². The molecule has 0 unspecified atom stereocenters. The van der Waals surface area contributed by atoms with E-state index in [9.17, 15) is 0 Å². The van der Waals surface area contributed by atoms with Crippen molar-refractivity contribution in [3.63, 3.8) is 0 Å². The van der Waals surface area contributed by atoms with Gasteiger partial charge >= 0.3 is 0 Å². The minimum absolute atomic E-state index is 0.420. The van der Waals surface area contributed by atoms with Crippen LogP contribution in [0.25, 0.3) is 10.9 Å². The number of benzene rings is 2. The lowest BCUT2D eigenvalue weighted by molar-refractivity contribution is 0.130. The molecule has 0 spiro atoms. The van der Waals surface area contributed by atoms with Gasteiger partial charge in [-0.3, -0.25) is 4.98 Å². The first-order valence-electron chi connectivity index (χ1n) is 8.54. The molecular weight excluding hydrogens is 312 g/mol. The third-order valence-corrected chi connectivity index (χ3v) is 4.59. The molecule has 2 aromatic carbocycles. The molecule has 0 saturated carbocycles. The number of fused-ring (bicyclic) bond motifs is 2. The molecule has 4 rings (SSSR count). The number of aromatic nitrogens is 1. The number of aryl methyl sites for hydroxylation is 1. The zero-order valence-corrected chi connectivity index (χ0v) is 14.2. The van der Waals surface area contributed by atoms with Crippen LogP contribution in [0.2, 0.25) is 0 Å². The van der Waals surface area contributed by atoms with Crippen molar-refractivity contribution < 1.29 is 9.57 Å². The number of nitrogens with zero attached hydrogens (tertiary/aromatic N) is 2. The molecule has 0 N–H and O–H groups in total. The second-order valence-electron chi connectivity index (χ2n) is 6.18. The van der Waals surface area contributed by atoms with Crippen LogP contribution in [0.3, 0.4) is 0 Å². The third-order valence-electron chi connectivity index (χ3n) is 4.59. The van der Waals surface area contributed by atoms with E-state index >= 15 is 0 Å². The first kappa shape index (κ1) is 15.6. The first-order chi connectivity index (χ1) is 12.3. The van der Waals surface area contributed by atoms with Gasteiger partial charge in [0.2, 0.25) is 0 Å². The molecular formula is C21H20N2O2. The smallest absolute Gasteiger partial charge is 0.144 e. The van der Waals surface area contributed by atoms with Crippen LogP contribution in [0.1, 0.15) is 29.5 Å². The Kier molecular flexibility index (Phi) is 4.34. The van der Waals surface area contributed by atoms with Crippen molar-refractivity contribution in [1.29, 1.82) is 0 Å². The lowest BCUT2D eigenvalue weighted by atomic mass is 9.90. The highest BCUT2D eigenvalue weighted by Gasteiger charge is 2.16. The SMILES string of the molecule is COc1ccc2c(c1)CCCC2=NOCc1cccc2cccnc12. The maximum Gasteiger partial charge on any atom is 0.144 e. The number of para-hydroxylation sites is 1. The molecule has 25 heavy (non-hydrogen) atoms. The van der Waals surface area contributed by atoms with Crippen LogP contribution in [-0.4, -0.2) is 17.8 Å². The van der Waals surface area contributed by atoms with E-state index in [1.54, 1.807) is 7.11 Å². The van der Waals surface area contributed by atoms with Gasteiger partial charge in [0.15, 0.2) is 0 Å². The van der Waals surface area contributed by atoms with Crippen LogP contribution in [-0.2, 0) is 17.9 Å². The van der Waals surface area contributed by atoms with Crippen molar-refractivity contribution in [1.82, 2.24) is 4.98 Å². The summed E-state index contributed by atoms with van der Waals surface area (Å²) in [4.78, 5) is 10.2. The number of hydrogen-bond acceptors (Lipinski definition) is 4. The molecule has 0 saturated heterocycles. The van der Waals surface area contributed by atoms with Gasteiger partial charge in [0, 0.05) is 22.7 Å². The molecule has 126 valence electrons. The maximum absolute atomic E-state index is 5.70. The largest absolute Gasteiger partial charge is 0.497 e. The van der Waals surface area contributed by atoms with Gasteiger partial charge in [0.05, 0.1) is 18.3 Å². The average molecular weight is 332 g/mol. The summed E-state index contributed by atoms with van der Waals surface area (Å²) in [5, 5.41) is 5.55. The average Bonchev–Trinajstić information content (AvgIpc) is 2.68. The minimum atomic E-state index is 0.420. The van der Waals surface area contributed by atoms with Gasteiger partial charge < -0.3 is 9.57 Å². The van der Waals surface area contributed by atoms with E-state index in [0.29, 0.717) is 6.61 Å². The van der Waals surface area contributed by atoms with Crippen molar-refractivity contribution in [3.8, 4) is 5.75 Å². The number of rotatable bonds is 4. The zero-order chi connectivity index (χ0) is 17.1. The fourth-order valence-corrected chi connectivity index (χ4v) is 3.32. The molecule has 0 radical (unpaired) electrons. The van der Waals surface area contributed by atoms with Crippen molar-refractivity contribution in [2.24, 2.45) is 5.16 Å². The molecule has 1 heterocycles. The molecule has 3 aromatic rings. The standard InChI is InChI=1S/C21H20N2O2/c1-24-18-10-11-19-16(13-18)6-3-9-20(19)23-25-14-17-7-2-5-15-8-4-12-22-21(15)17/h2,4-5,7-8,10-13H,3,6,9,14H2,1H3. The molecule has 1 aliphatic carbocycles. The Labute approximate surface area is 147 Å². The second kappa shape index (κ2) is 6.93. The Morgan fingerprint density at radius 1 is 1.08 bits per heavy atom. The number of methoxy groups -OCH3 is 1. The Morgan fingerprint density at radius 2 is 2.00 bits per heavy atom. The molecule has 0 fully saturated rings. The minimum Gasteiger partial charge on any atom is -0.497 e.